The average molecular weight is 314 g/mol. The fourth-order valence-electron chi connectivity index (χ4n) is 3.07. The van der Waals surface area contributed by atoms with E-state index in [1.165, 1.54) is 57.8 Å². The smallest absolute Gasteiger partial charge is 0.220 e. The Hall–Kier alpha value is -0.530. The van der Waals surface area contributed by atoms with E-state index in [1.807, 2.05) is 13.8 Å². The van der Waals surface area contributed by atoms with Crippen LogP contribution in [0.2, 0.25) is 0 Å². The Kier molecular flexibility index (Phi) is 13.7. The summed E-state index contributed by atoms with van der Waals surface area (Å²) in [6.07, 6.45) is 13.3. The zero-order valence-corrected chi connectivity index (χ0v) is 15.9. The van der Waals surface area contributed by atoms with E-state index in [9.17, 15) is 4.79 Å². The number of carbonyl (C=O) groups is 1. The molecule has 1 N–H and O–H groups in total. The highest BCUT2D eigenvalue weighted by Gasteiger charge is 2.19. The minimum atomic E-state index is 0. The molecule has 0 aromatic carbocycles. The van der Waals surface area contributed by atoms with Crippen LogP contribution in [-0.4, -0.2) is 11.9 Å². The Morgan fingerprint density at radius 3 is 2.14 bits per heavy atom. The van der Waals surface area contributed by atoms with Crippen LogP contribution in [-0.2, 0) is 4.79 Å². The first-order valence-electron chi connectivity index (χ1n) is 9.87. The number of amides is 1. The van der Waals surface area contributed by atoms with Gasteiger partial charge >= 0.3 is 0 Å². The van der Waals surface area contributed by atoms with Crippen molar-refractivity contribution < 1.29 is 6.22 Å². The molecule has 0 saturated heterocycles. The lowest BCUT2D eigenvalue weighted by molar-refractivity contribution is -0.122. The molecule has 0 aromatic heterocycles. The zero-order valence-electron chi connectivity index (χ0n) is 15.9. The highest BCUT2D eigenvalue weighted by Crippen LogP contribution is 2.23. The van der Waals surface area contributed by atoms with Crippen LogP contribution in [0.15, 0.2) is 0 Å². The van der Waals surface area contributed by atoms with Crippen molar-refractivity contribution in [1.29, 1.82) is 0 Å². The predicted molar refractivity (Wildman–Crippen MR) is 100 cm³/mol. The second kappa shape index (κ2) is 14.1. The molecule has 1 fully saturated rings. The van der Waals surface area contributed by atoms with Crippen LogP contribution in [0.1, 0.15) is 107 Å². The second-order valence-corrected chi connectivity index (χ2v) is 7.22. The SMILES string of the molecule is CC.CC(C)CCCCCCCC(=O)NC1CCC(C)CC1.[HH]. The van der Waals surface area contributed by atoms with Crippen molar-refractivity contribution in [2.75, 3.05) is 0 Å². The van der Waals surface area contributed by atoms with Gasteiger partial charge in [0.1, 0.15) is 0 Å². The largest absolute Gasteiger partial charge is 0.353 e. The summed E-state index contributed by atoms with van der Waals surface area (Å²) in [4.78, 5) is 11.9. The third-order valence-electron chi connectivity index (χ3n) is 4.57. The molecule has 0 spiro atoms. The molecule has 0 unspecified atom stereocenters. The van der Waals surface area contributed by atoms with E-state index in [0.717, 1.165) is 24.7 Å². The van der Waals surface area contributed by atoms with E-state index in [1.54, 1.807) is 0 Å². The van der Waals surface area contributed by atoms with Crippen LogP contribution in [0.3, 0.4) is 0 Å². The van der Waals surface area contributed by atoms with Crippen molar-refractivity contribution in [3.05, 3.63) is 0 Å². The molecule has 1 rings (SSSR count). The summed E-state index contributed by atoms with van der Waals surface area (Å²) in [5.41, 5.74) is 0. The van der Waals surface area contributed by atoms with Crippen LogP contribution >= 0.6 is 0 Å². The predicted octanol–water partition coefficient (Wildman–Crippen LogP) is 6.34. The van der Waals surface area contributed by atoms with Crippen molar-refractivity contribution in [2.24, 2.45) is 11.8 Å². The van der Waals surface area contributed by atoms with Crippen molar-refractivity contribution in [3.63, 3.8) is 0 Å². The van der Waals surface area contributed by atoms with Crippen molar-refractivity contribution >= 4 is 5.91 Å². The number of hydrogen-bond donors (Lipinski definition) is 1. The molecular formula is C20H43NO. The van der Waals surface area contributed by atoms with Crippen LogP contribution in [0, 0.1) is 11.8 Å². The molecule has 0 radical (unpaired) electrons. The number of hydrogen-bond acceptors (Lipinski definition) is 1. The molecule has 1 saturated carbocycles. The first kappa shape index (κ1) is 21.5. The Labute approximate surface area is 141 Å². The maximum absolute atomic E-state index is 11.9. The van der Waals surface area contributed by atoms with E-state index >= 15 is 0 Å². The zero-order chi connectivity index (χ0) is 16.8. The standard InChI is InChI=1S/C18H35NO.C2H6.H2/c1-15(2)9-7-5-4-6-8-10-18(20)19-17-13-11-16(3)12-14-17;1-2;/h15-17H,4-14H2,1-3H3,(H,19,20);1-2H3;1H. The first-order valence-corrected chi connectivity index (χ1v) is 9.87. The number of carbonyl (C=O) groups excluding carboxylic acids is 1. The van der Waals surface area contributed by atoms with Gasteiger partial charge < -0.3 is 5.32 Å². The topological polar surface area (TPSA) is 29.1 Å². The summed E-state index contributed by atoms with van der Waals surface area (Å²) in [5.74, 6) is 1.97. The first-order chi connectivity index (χ1) is 10.6. The van der Waals surface area contributed by atoms with Gasteiger partial charge in [0, 0.05) is 13.9 Å². The fraction of sp³-hybridized carbons (Fsp3) is 0.950. The lowest BCUT2D eigenvalue weighted by Gasteiger charge is -2.26. The van der Waals surface area contributed by atoms with Gasteiger partial charge in [-0.15, -0.1) is 0 Å². The maximum Gasteiger partial charge on any atom is 0.220 e. The quantitative estimate of drug-likeness (QED) is 0.494. The monoisotopic (exact) mass is 313 g/mol. The van der Waals surface area contributed by atoms with Crippen molar-refractivity contribution in [1.82, 2.24) is 5.32 Å². The summed E-state index contributed by atoms with van der Waals surface area (Å²) in [7, 11) is 0. The van der Waals surface area contributed by atoms with Gasteiger partial charge in [0.25, 0.3) is 0 Å². The second-order valence-electron chi connectivity index (χ2n) is 7.22. The normalized spacial score (nSPS) is 21.2. The molecule has 22 heavy (non-hydrogen) atoms. The molecule has 1 aliphatic rings. The lowest BCUT2D eigenvalue weighted by atomic mass is 9.87. The van der Waals surface area contributed by atoms with E-state index in [4.69, 9.17) is 0 Å². The number of unbranched alkanes of at least 4 members (excludes halogenated alkanes) is 4. The van der Waals surface area contributed by atoms with Crippen LogP contribution < -0.4 is 5.32 Å². The molecule has 1 amide bonds. The summed E-state index contributed by atoms with van der Waals surface area (Å²) in [6, 6.07) is 0.463. The van der Waals surface area contributed by atoms with E-state index in [-0.39, 0.29) is 7.33 Å². The minimum Gasteiger partial charge on any atom is -0.353 e. The van der Waals surface area contributed by atoms with E-state index < -0.39 is 0 Å². The van der Waals surface area contributed by atoms with Gasteiger partial charge in [0.05, 0.1) is 0 Å². The van der Waals surface area contributed by atoms with Gasteiger partial charge in [-0.05, 0) is 43.9 Å². The lowest BCUT2D eigenvalue weighted by Crippen LogP contribution is -2.37. The third-order valence-corrected chi connectivity index (χ3v) is 4.57. The van der Waals surface area contributed by atoms with Gasteiger partial charge in [-0.25, -0.2) is 0 Å². The van der Waals surface area contributed by atoms with Gasteiger partial charge in [-0.3, -0.25) is 4.79 Å². The summed E-state index contributed by atoms with van der Waals surface area (Å²) in [5, 5.41) is 3.22. The minimum absolute atomic E-state index is 0. The average Bonchev–Trinajstić information content (AvgIpc) is 2.50. The fourth-order valence-corrected chi connectivity index (χ4v) is 3.07. The molecule has 2 heteroatoms. The maximum atomic E-state index is 11.9. The van der Waals surface area contributed by atoms with Gasteiger partial charge in [-0.1, -0.05) is 66.7 Å². The van der Waals surface area contributed by atoms with Crippen LogP contribution in [0.4, 0.5) is 0 Å². The van der Waals surface area contributed by atoms with Crippen molar-refractivity contribution in [3.8, 4) is 0 Å². The molecule has 0 bridgehead atoms. The molecule has 1 aliphatic carbocycles. The van der Waals surface area contributed by atoms with Gasteiger partial charge in [0.2, 0.25) is 5.91 Å². The Balaban J connectivity index is 0. The molecule has 134 valence electrons. The molecular weight excluding hydrogens is 270 g/mol. The molecule has 0 aromatic rings. The highest BCUT2D eigenvalue weighted by molar-refractivity contribution is 5.76. The summed E-state index contributed by atoms with van der Waals surface area (Å²) < 4.78 is 0. The van der Waals surface area contributed by atoms with Crippen LogP contribution in [0.25, 0.3) is 0 Å². The Morgan fingerprint density at radius 1 is 1.00 bits per heavy atom. The van der Waals surface area contributed by atoms with Gasteiger partial charge in [0.15, 0.2) is 0 Å². The van der Waals surface area contributed by atoms with E-state index in [0.29, 0.717) is 6.04 Å². The highest BCUT2D eigenvalue weighted by atomic mass is 16.1. The van der Waals surface area contributed by atoms with E-state index in [2.05, 4.69) is 26.1 Å². The van der Waals surface area contributed by atoms with Crippen LogP contribution in [0.5, 0.6) is 0 Å². The summed E-state index contributed by atoms with van der Waals surface area (Å²) >= 11 is 0. The molecule has 0 heterocycles. The summed E-state index contributed by atoms with van der Waals surface area (Å²) in [6.45, 7) is 10.9. The molecule has 0 atom stereocenters. The number of rotatable bonds is 9. The van der Waals surface area contributed by atoms with Crippen molar-refractivity contribution in [2.45, 2.75) is 111 Å². The number of nitrogens with one attached hydrogen (secondary N) is 1. The third kappa shape index (κ3) is 12.1. The Bertz CT molecular complexity index is 260. The molecule has 2 nitrogen and oxygen atoms in total. The Morgan fingerprint density at radius 2 is 1.55 bits per heavy atom. The van der Waals surface area contributed by atoms with Gasteiger partial charge in [-0.2, -0.15) is 0 Å². The molecule has 0 aliphatic heterocycles.